The van der Waals surface area contributed by atoms with Crippen LogP contribution in [0.2, 0.25) is 0 Å². The van der Waals surface area contributed by atoms with Crippen LogP contribution in [0.1, 0.15) is 18.4 Å². The van der Waals surface area contributed by atoms with Gasteiger partial charge in [-0.15, -0.1) is 0 Å². The Kier molecular flexibility index (Phi) is 3.65. The minimum absolute atomic E-state index is 0.168. The van der Waals surface area contributed by atoms with Crippen LogP contribution < -0.4 is 10.1 Å². The van der Waals surface area contributed by atoms with Crippen LogP contribution >= 0.6 is 0 Å². The molecule has 3 rings (SSSR count). The van der Waals surface area contributed by atoms with Crippen molar-refractivity contribution in [2.24, 2.45) is 0 Å². The van der Waals surface area contributed by atoms with E-state index in [9.17, 15) is 8.78 Å². The van der Waals surface area contributed by atoms with Gasteiger partial charge in [0.25, 0.3) is 0 Å². The molecule has 1 fully saturated rings. The van der Waals surface area contributed by atoms with Crippen molar-refractivity contribution in [2.45, 2.75) is 25.4 Å². The monoisotopic (exact) mass is 275 g/mol. The molecule has 0 radical (unpaired) electrons. The lowest BCUT2D eigenvalue weighted by Crippen LogP contribution is -2.15. The predicted molar refractivity (Wildman–Crippen MR) is 72.7 cm³/mol. The van der Waals surface area contributed by atoms with E-state index in [1.807, 2.05) is 18.2 Å². The van der Waals surface area contributed by atoms with Gasteiger partial charge in [-0.25, -0.2) is 8.78 Å². The van der Waals surface area contributed by atoms with Gasteiger partial charge in [-0.3, -0.25) is 0 Å². The Morgan fingerprint density at radius 1 is 1.05 bits per heavy atom. The summed E-state index contributed by atoms with van der Waals surface area (Å²) in [4.78, 5) is 0. The molecule has 2 nitrogen and oxygen atoms in total. The van der Waals surface area contributed by atoms with Gasteiger partial charge in [-0.1, -0.05) is 18.2 Å². The van der Waals surface area contributed by atoms with Crippen molar-refractivity contribution in [3.63, 3.8) is 0 Å². The Morgan fingerprint density at radius 3 is 2.45 bits per heavy atom. The Balaban J connectivity index is 1.78. The van der Waals surface area contributed by atoms with E-state index in [4.69, 9.17) is 4.74 Å². The summed E-state index contributed by atoms with van der Waals surface area (Å²) in [6.45, 7) is 0.693. The molecule has 0 atom stereocenters. The van der Waals surface area contributed by atoms with E-state index in [0.29, 0.717) is 18.3 Å². The summed E-state index contributed by atoms with van der Waals surface area (Å²) < 4.78 is 31.9. The summed E-state index contributed by atoms with van der Waals surface area (Å²) in [5.74, 6) is -0.505. The van der Waals surface area contributed by atoms with Gasteiger partial charge >= 0.3 is 0 Å². The van der Waals surface area contributed by atoms with Crippen molar-refractivity contribution in [1.29, 1.82) is 0 Å². The normalized spacial score (nSPS) is 14.3. The van der Waals surface area contributed by atoms with Crippen LogP contribution in [-0.2, 0) is 6.54 Å². The average Bonchev–Trinajstić information content (AvgIpc) is 3.20. The number of nitrogens with one attached hydrogen (secondary N) is 1. The fourth-order valence-corrected chi connectivity index (χ4v) is 2.01. The quantitative estimate of drug-likeness (QED) is 0.890. The van der Waals surface area contributed by atoms with Crippen LogP contribution in [0.4, 0.5) is 8.78 Å². The molecule has 0 bridgehead atoms. The number of rotatable bonds is 5. The van der Waals surface area contributed by atoms with Gasteiger partial charge < -0.3 is 10.1 Å². The molecule has 20 heavy (non-hydrogen) atoms. The van der Waals surface area contributed by atoms with Gasteiger partial charge in [0.05, 0.1) is 0 Å². The first-order chi connectivity index (χ1) is 9.70. The first-order valence-corrected chi connectivity index (χ1v) is 6.66. The molecule has 0 aromatic heterocycles. The largest absolute Gasteiger partial charge is 0.457 e. The SMILES string of the molecule is Fc1cc(F)cc(Oc2ccccc2CNC2CC2)c1. The zero-order valence-corrected chi connectivity index (χ0v) is 10.9. The fraction of sp³-hybridized carbons (Fsp3) is 0.250. The van der Waals surface area contributed by atoms with E-state index >= 15 is 0 Å². The van der Waals surface area contributed by atoms with Crippen LogP contribution in [0.5, 0.6) is 11.5 Å². The Labute approximate surface area is 116 Å². The molecule has 0 amide bonds. The van der Waals surface area contributed by atoms with Crippen molar-refractivity contribution < 1.29 is 13.5 Å². The Morgan fingerprint density at radius 2 is 1.75 bits per heavy atom. The van der Waals surface area contributed by atoms with Gasteiger partial charge in [0, 0.05) is 36.3 Å². The van der Waals surface area contributed by atoms with Crippen LogP contribution in [-0.4, -0.2) is 6.04 Å². The molecule has 1 saturated carbocycles. The van der Waals surface area contributed by atoms with Crippen molar-refractivity contribution in [2.75, 3.05) is 0 Å². The van der Waals surface area contributed by atoms with Crippen molar-refractivity contribution in [3.05, 3.63) is 59.7 Å². The third kappa shape index (κ3) is 3.33. The number of hydrogen-bond donors (Lipinski definition) is 1. The van der Waals surface area contributed by atoms with Gasteiger partial charge in [0.15, 0.2) is 0 Å². The maximum atomic E-state index is 13.2. The summed E-state index contributed by atoms with van der Waals surface area (Å²) in [7, 11) is 0. The molecule has 0 unspecified atom stereocenters. The average molecular weight is 275 g/mol. The molecule has 104 valence electrons. The lowest BCUT2D eigenvalue weighted by molar-refractivity contribution is 0.460. The topological polar surface area (TPSA) is 21.3 Å². The molecular weight excluding hydrogens is 260 g/mol. The van der Waals surface area contributed by atoms with E-state index < -0.39 is 11.6 Å². The second-order valence-electron chi connectivity index (χ2n) is 4.97. The van der Waals surface area contributed by atoms with E-state index in [1.54, 1.807) is 6.07 Å². The molecule has 0 aliphatic heterocycles. The molecule has 2 aromatic carbocycles. The first-order valence-electron chi connectivity index (χ1n) is 6.66. The molecular formula is C16H15F2NO. The highest BCUT2D eigenvalue weighted by atomic mass is 19.1. The van der Waals surface area contributed by atoms with E-state index in [-0.39, 0.29) is 5.75 Å². The molecule has 4 heteroatoms. The third-order valence-electron chi connectivity index (χ3n) is 3.20. The number of halogens is 2. The summed E-state index contributed by atoms with van der Waals surface area (Å²) >= 11 is 0. The zero-order chi connectivity index (χ0) is 13.9. The smallest absolute Gasteiger partial charge is 0.133 e. The Hall–Kier alpha value is -1.94. The van der Waals surface area contributed by atoms with Crippen LogP contribution in [0.15, 0.2) is 42.5 Å². The molecule has 2 aromatic rings. The number of ether oxygens (including phenoxy) is 1. The summed E-state index contributed by atoms with van der Waals surface area (Å²) in [6.07, 6.45) is 2.41. The molecule has 0 saturated heterocycles. The maximum absolute atomic E-state index is 13.2. The lowest BCUT2D eigenvalue weighted by atomic mass is 10.2. The lowest BCUT2D eigenvalue weighted by Gasteiger charge is -2.12. The van der Waals surface area contributed by atoms with Crippen LogP contribution in [0, 0.1) is 11.6 Å². The van der Waals surface area contributed by atoms with Gasteiger partial charge in [0.2, 0.25) is 0 Å². The number of para-hydroxylation sites is 1. The molecule has 1 aliphatic rings. The zero-order valence-electron chi connectivity index (χ0n) is 10.9. The summed E-state index contributed by atoms with van der Waals surface area (Å²) in [5.41, 5.74) is 0.976. The molecule has 1 N–H and O–H groups in total. The number of benzene rings is 2. The highest BCUT2D eigenvalue weighted by Crippen LogP contribution is 2.27. The standard InChI is InChI=1S/C16H15F2NO/c17-12-7-13(18)9-15(8-12)20-16-4-2-1-3-11(16)10-19-14-5-6-14/h1-4,7-9,14,19H,5-6,10H2. The Bertz CT molecular complexity index is 591. The highest BCUT2D eigenvalue weighted by Gasteiger charge is 2.20. The van der Waals surface area contributed by atoms with Crippen molar-refractivity contribution in [1.82, 2.24) is 5.32 Å². The third-order valence-corrected chi connectivity index (χ3v) is 3.20. The predicted octanol–water partition coefficient (Wildman–Crippen LogP) is 4.01. The van der Waals surface area contributed by atoms with E-state index in [0.717, 1.165) is 11.6 Å². The summed E-state index contributed by atoms with van der Waals surface area (Å²) in [6, 6.07) is 11.3. The molecule has 0 spiro atoms. The molecule has 1 aliphatic carbocycles. The van der Waals surface area contributed by atoms with Crippen molar-refractivity contribution in [3.8, 4) is 11.5 Å². The molecule has 0 heterocycles. The minimum Gasteiger partial charge on any atom is -0.457 e. The van der Waals surface area contributed by atoms with Gasteiger partial charge in [0.1, 0.15) is 23.1 Å². The van der Waals surface area contributed by atoms with E-state index in [1.165, 1.54) is 25.0 Å². The van der Waals surface area contributed by atoms with E-state index in [2.05, 4.69) is 5.32 Å². The highest BCUT2D eigenvalue weighted by molar-refractivity contribution is 5.38. The van der Waals surface area contributed by atoms with Crippen LogP contribution in [0.3, 0.4) is 0 Å². The van der Waals surface area contributed by atoms with Gasteiger partial charge in [-0.2, -0.15) is 0 Å². The number of hydrogen-bond acceptors (Lipinski definition) is 2. The summed E-state index contributed by atoms with van der Waals surface area (Å²) in [5, 5.41) is 3.39. The first kappa shape index (κ1) is 13.1. The minimum atomic E-state index is -0.645. The van der Waals surface area contributed by atoms with Crippen molar-refractivity contribution >= 4 is 0 Å². The second-order valence-corrected chi connectivity index (χ2v) is 4.97. The van der Waals surface area contributed by atoms with Crippen LogP contribution in [0.25, 0.3) is 0 Å². The fourth-order valence-electron chi connectivity index (χ4n) is 2.01. The maximum Gasteiger partial charge on any atom is 0.133 e. The van der Waals surface area contributed by atoms with Gasteiger partial charge in [-0.05, 0) is 18.9 Å². The second kappa shape index (κ2) is 5.59.